The van der Waals surface area contributed by atoms with Gasteiger partial charge in [-0.1, -0.05) is 29.8 Å². The van der Waals surface area contributed by atoms with Crippen LogP contribution in [0.25, 0.3) is 38.8 Å². The molecule has 0 spiro atoms. The van der Waals surface area contributed by atoms with Gasteiger partial charge in [0.05, 0.1) is 16.7 Å². The molecular formula is C23H16FN3. The maximum Gasteiger partial charge on any atom is 0.123 e. The molecule has 0 saturated heterocycles. The van der Waals surface area contributed by atoms with Crippen LogP contribution in [0.2, 0.25) is 0 Å². The Balaban J connectivity index is 1.91. The third kappa shape index (κ3) is 2.57. The van der Waals surface area contributed by atoms with Crippen LogP contribution in [0, 0.1) is 12.7 Å². The molecule has 4 heteroatoms. The number of fused-ring (bicyclic) bond motifs is 3. The molecule has 0 fully saturated rings. The monoisotopic (exact) mass is 353 g/mol. The summed E-state index contributed by atoms with van der Waals surface area (Å²) in [5.41, 5.74) is 5.74. The second-order valence-electron chi connectivity index (χ2n) is 6.64. The summed E-state index contributed by atoms with van der Waals surface area (Å²) in [6, 6.07) is 22.7. The van der Waals surface area contributed by atoms with Gasteiger partial charge in [-0.3, -0.25) is 4.98 Å². The number of halogens is 1. The number of aromatic nitrogens is 3. The summed E-state index contributed by atoms with van der Waals surface area (Å²) in [7, 11) is 0. The second-order valence-corrected chi connectivity index (χ2v) is 6.64. The molecule has 5 rings (SSSR count). The summed E-state index contributed by atoms with van der Waals surface area (Å²) in [5, 5.41) is 6.89. The molecule has 0 N–H and O–H groups in total. The molecule has 0 amide bonds. The maximum absolute atomic E-state index is 13.4. The Hall–Kier alpha value is -3.53. The number of benzene rings is 3. The molecule has 0 saturated carbocycles. The number of hydrogen-bond acceptors (Lipinski definition) is 2. The van der Waals surface area contributed by atoms with Crippen molar-refractivity contribution in [1.82, 2.24) is 14.8 Å². The van der Waals surface area contributed by atoms with Crippen LogP contribution in [-0.4, -0.2) is 14.8 Å². The lowest BCUT2D eigenvalue weighted by Crippen LogP contribution is -1.97. The van der Waals surface area contributed by atoms with Crippen LogP contribution in [0.3, 0.4) is 0 Å². The molecule has 2 heterocycles. The van der Waals surface area contributed by atoms with E-state index in [1.165, 1.54) is 17.7 Å². The minimum Gasteiger partial charge on any atom is -0.255 e. The smallest absolute Gasteiger partial charge is 0.123 e. The van der Waals surface area contributed by atoms with Gasteiger partial charge in [0.25, 0.3) is 0 Å². The van der Waals surface area contributed by atoms with Crippen LogP contribution in [0.4, 0.5) is 4.39 Å². The Morgan fingerprint density at radius 3 is 2.41 bits per heavy atom. The van der Waals surface area contributed by atoms with E-state index in [1.807, 2.05) is 47.3 Å². The van der Waals surface area contributed by atoms with E-state index in [0.717, 1.165) is 38.8 Å². The number of hydrogen-bond donors (Lipinski definition) is 0. The highest BCUT2D eigenvalue weighted by molar-refractivity contribution is 6.08. The minimum absolute atomic E-state index is 0.259. The lowest BCUT2D eigenvalue weighted by Gasteiger charge is -2.06. The zero-order chi connectivity index (χ0) is 18.4. The third-order valence-corrected chi connectivity index (χ3v) is 4.78. The number of nitrogens with zero attached hydrogens (tertiary/aromatic N) is 3. The largest absolute Gasteiger partial charge is 0.255 e. The van der Waals surface area contributed by atoms with Crippen LogP contribution in [-0.2, 0) is 0 Å². The molecule has 0 atom stereocenters. The molecule has 2 aromatic heterocycles. The van der Waals surface area contributed by atoms with Crippen LogP contribution in [0.1, 0.15) is 5.56 Å². The fraction of sp³-hybridized carbons (Fsp3) is 0.0435. The first-order valence-electron chi connectivity index (χ1n) is 8.80. The molecule has 0 aliphatic rings. The van der Waals surface area contributed by atoms with Gasteiger partial charge in [0.2, 0.25) is 0 Å². The van der Waals surface area contributed by atoms with Gasteiger partial charge in [0, 0.05) is 22.5 Å². The van der Waals surface area contributed by atoms with Crippen molar-refractivity contribution < 1.29 is 4.39 Å². The van der Waals surface area contributed by atoms with E-state index < -0.39 is 0 Å². The van der Waals surface area contributed by atoms with Crippen molar-refractivity contribution in [1.29, 1.82) is 0 Å². The SMILES string of the molecule is Cc1ccc2ncc3c(-c4ccc(F)cc4)nn(-c4ccccc4)c3c2c1. The van der Waals surface area contributed by atoms with Crippen molar-refractivity contribution in [3.05, 3.63) is 90.4 Å². The molecule has 0 aliphatic heterocycles. The van der Waals surface area contributed by atoms with E-state index in [0.29, 0.717) is 0 Å². The fourth-order valence-electron chi connectivity index (χ4n) is 3.47. The minimum atomic E-state index is -0.259. The van der Waals surface area contributed by atoms with E-state index in [2.05, 4.69) is 24.0 Å². The first-order chi connectivity index (χ1) is 13.2. The van der Waals surface area contributed by atoms with Crippen molar-refractivity contribution in [2.75, 3.05) is 0 Å². The normalized spacial score (nSPS) is 11.3. The Bertz CT molecular complexity index is 1270. The highest BCUT2D eigenvalue weighted by Gasteiger charge is 2.17. The Morgan fingerprint density at radius 2 is 1.63 bits per heavy atom. The Labute approximate surface area is 155 Å². The molecule has 5 aromatic rings. The number of rotatable bonds is 2. The van der Waals surface area contributed by atoms with Gasteiger partial charge >= 0.3 is 0 Å². The molecule has 0 aliphatic carbocycles. The highest BCUT2D eigenvalue weighted by atomic mass is 19.1. The molecule has 130 valence electrons. The Morgan fingerprint density at radius 1 is 0.852 bits per heavy atom. The Kier molecular flexibility index (Phi) is 3.50. The van der Waals surface area contributed by atoms with Gasteiger partial charge in [-0.15, -0.1) is 0 Å². The van der Waals surface area contributed by atoms with Gasteiger partial charge in [-0.05, 0) is 55.5 Å². The van der Waals surface area contributed by atoms with E-state index in [9.17, 15) is 4.39 Å². The number of para-hydroxylation sites is 1. The van der Waals surface area contributed by atoms with Crippen molar-refractivity contribution in [2.24, 2.45) is 0 Å². The standard InChI is InChI=1S/C23H16FN3/c1-15-7-12-21-19(13-15)23-20(14-25-21)22(16-8-10-17(24)11-9-16)26-27(23)18-5-3-2-4-6-18/h2-14H,1H3. The lowest BCUT2D eigenvalue weighted by atomic mass is 10.1. The molecule has 0 unspecified atom stereocenters. The zero-order valence-electron chi connectivity index (χ0n) is 14.7. The van der Waals surface area contributed by atoms with Crippen LogP contribution < -0.4 is 0 Å². The average Bonchev–Trinajstić information content (AvgIpc) is 3.09. The predicted molar refractivity (Wildman–Crippen MR) is 107 cm³/mol. The molecule has 0 radical (unpaired) electrons. The summed E-state index contributed by atoms with van der Waals surface area (Å²) in [6.07, 6.45) is 1.86. The molecular weight excluding hydrogens is 337 g/mol. The first kappa shape index (κ1) is 15.7. The fourth-order valence-corrected chi connectivity index (χ4v) is 3.47. The van der Waals surface area contributed by atoms with Gasteiger partial charge in [-0.25, -0.2) is 9.07 Å². The highest BCUT2D eigenvalue weighted by Crippen LogP contribution is 2.34. The van der Waals surface area contributed by atoms with Crippen molar-refractivity contribution >= 4 is 21.8 Å². The summed E-state index contributed by atoms with van der Waals surface area (Å²) >= 11 is 0. The third-order valence-electron chi connectivity index (χ3n) is 4.78. The van der Waals surface area contributed by atoms with Gasteiger partial charge in [0.1, 0.15) is 11.5 Å². The van der Waals surface area contributed by atoms with Gasteiger partial charge in [-0.2, -0.15) is 5.10 Å². The van der Waals surface area contributed by atoms with E-state index in [-0.39, 0.29) is 5.82 Å². The first-order valence-corrected chi connectivity index (χ1v) is 8.80. The van der Waals surface area contributed by atoms with E-state index >= 15 is 0 Å². The molecule has 27 heavy (non-hydrogen) atoms. The van der Waals surface area contributed by atoms with Crippen molar-refractivity contribution in [2.45, 2.75) is 6.92 Å². The van der Waals surface area contributed by atoms with E-state index in [4.69, 9.17) is 5.10 Å². The van der Waals surface area contributed by atoms with Gasteiger partial charge < -0.3 is 0 Å². The van der Waals surface area contributed by atoms with Crippen LogP contribution >= 0.6 is 0 Å². The van der Waals surface area contributed by atoms with E-state index in [1.54, 1.807) is 12.1 Å². The quantitative estimate of drug-likeness (QED) is 0.408. The van der Waals surface area contributed by atoms with Crippen molar-refractivity contribution in [3.8, 4) is 16.9 Å². The lowest BCUT2D eigenvalue weighted by molar-refractivity contribution is 0.628. The maximum atomic E-state index is 13.4. The van der Waals surface area contributed by atoms with Crippen LogP contribution in [0.5, 0.6) is 0 Å². The number of pyridine rings is 1. The molecule has 0 bridgehead atoms. The second kappa shape index (κ2) is 6.02. The summed E-state index contributed by atoms with van der Waals surface area (Å²) in [6.45, 7) is 2.07. The topological polar surface area (TPSA) is 30.7 Å². The van der Waals surface area contributed by atoms with Crippen LogP contribution in [0.15, 0.2) is 79.0 Å². The molecule has 3 aromatic carbocycles. The predicted octanol–water partition coefficient (Wildman–Crippen LogP) is 5.69. The summed E-state index contributed by atoms with van der Waals surface area (Å²) < 4.78 is 15.4. The van der Waals surface area contributed by atoms with Crippen molar-refractivity contribution in [3.63, 3.8) is 0 Å². The van der Waals surface area contributed by atoms with Gasteiger partial charge in [0.15, 0.2) is 0 Å². The summed E-state index contributed by atoms with van der Waals surface area (Å²) in [5.74, 6) is -0.259. The average molecular weight is 353 g/mol. The molecule has 3 nitrogen and oxygen atoms in total. The number of aryl methyl sites for hydroxylation is 1. The zero-order valence-corrected chi connectivity index (χ0v) is 14.7. The summed E-state index contributed by atoms with van der Waals surface area (Å²) in [4.78, 5) is 4.63.